The van der Waals surface area contributed by atoms with E-state index >= 15 is 0 Å². The van der Waals surface area contributed by atoms with E-state index in [1.807, 2.05) is 0 Å². The third-order valence-corrected chi connectivity index (χ3v) is 5.58. The van der Waals surface area contributed by atoms with Gasteiger partial charge in [-0.15, -0.1) is 11.3 Å². The van der Waals surface area contributed by atoms with Gasteiger partial charge in [0.15, 0.2) is 0 Å². The summed E-state index contributed by atoms with van der Waals surface area (Å²) >= 11 is 1.21. The number of methoxy groups -OCH3 is 1. The smallest absolute Gasteiger partial charge is 0.339 e. The van der Waals surface area contributed by atoms with Crippen LogP contribution in [0.1, 0.15) is 10.4 Å². The summed E-state index contributed by atoms with van der Waals surface area (Å²) < 4.78 is 19.5. The first-order valence-corrected chi connectivity index (χ1v) is 10.1. The lowest BCUT2D eigenvalue weighted by molar-refractivity contribution is -0.116. The average Bonchev–Trinajstić information content (AvgIpc) is 3.21. The van der Waals surface area contributed by atoms with Gasteiger partial charge in [-0.2, -0.15) is 0 Å². The van der Waals surface area contributed by atoms with Gasteiger partial charge in [-0.3, -0.25) is 14.2 Å². The van der Waals surface area contributed by atoms with Crippen LogP contribution in [-0.4, -0.2) is 28.5 Å². The molecule has 0 saturated heterocycles. The topological polar surface area (TPSA) is 90.3 Å². The van der Waals surface area contributed by atoms with E-state index in [0.717, 1.165) is 11.1 Å². The summed E-state index contributed by atoms with van der Waals surface area (Å²) in [4.78, 5) is 41.6. The molecule has 0 atom stereocenters. The number of esters is 1. The van der Waals surface area contributed by atoms with E-state index in [4.69, 9.17) is 4.74 Å². The highest BCUT2D eigenvalue weighted by Crippen LogP contribution is 2.30. The maximum absolute atomic E-state index is 13.2. The summed E-state index contributed by atoms with van der Waals surface area (Å²) in [6.45, 7) is -0.277. The molecule has 0 aliphatic carbocycles. The Morgan fingerprint density at radius 3 is 2.65 bits per heavy atom. The number of thiophene rings is 1. The molecule has 0 saturated carbocycles. The first-order chi connectivity index (χ1) is 15.0. The lowest BCUT2D eigenvalue weighted by Gasteiger charge is -2.10. The van der Waals surface area contributed by atoms with Crippen LogP contribution in [-0.2, 0) is 16.1 Å². The van der Waals surface area contributed by atoms with Gasteiger partial charge in [0.25, 0.3) is 5.56 Å². The molecule has 4 aromatic rings. The maximum Gasteiger partial charge on any atom is 0.339 e. The van der Waals surface area contributed by atoms with Gasteiger partial charge in [0, 0.05) is 10.9 Å². The summed E-state index contributed by atoms with van der Waals surface area (Å²) in [6.07, 6.45) is 1.30. The molecule has 1 amide bonds. The number of nitrogens with zero attached hydrogens (tertiary/aromatic N) is 2. The van der Waals surface area contributed by atoms with Crippen LogP contribution in [0.4, 0.5) is 10.1 Å². The summed E-state index contributed by atoms with van der Waals surface area (Å²) in [5.74, 6) is -1.42. The van der Waals surface area contributed by atoms with Crippen LogP contribution in [0.15, 0.2) is 65.0 Å². The molecular weight excluding hydrogens is 421 g/mol. The van der Waals surface area contributed by atoms with E-state index < -0.39 is 11.9 Å². The van der Waals surface area contributed by atoms with Crippen LogP contribution in [0, 0.1) is 5.82 Å². The minimum Gasteiger partial charge on any atom is -0.465 e. The number of halogens is 1. The minimum atomic E-state index is -0.580. The Morgan fingerprint density at radius 1 is 1.16 bits per heavy atom. The number of carbonyl (C=O) groups excluding carboxylic acids is 2. The minimum absolute atomic E-state index is 0.210. The molecule has 0 spiro atoms. The second-order valence-electron chi connectivity index (χ2n) is 6.60. The number of benzene rings is 2. The van der Waals surface area contributed by atoms with Gasteiger partial charge in [-0.05, 0) is 29.8 Å². The second kappa shape index (κ2) is 8.49. The number of anilines is 1. The molecule has 0 bridgehead atoms. The second-order valence-corrected chi connectivity index (χ2v) is 7.48. The van der Waals surface area contributed by atoms with Gasteiger partial charge in [-0.1, -0.05) is 24.3 Å². The number of ether oxygens (including phenoxy) is 1. The number of hydrogen-bond acceptors (Lipinski definition) is 6. The fraction of sp³-hybridized carbons (Fsp3) is 0.0909. The molecule has 4 rings (SSSR count). The number of aromatic nitrogens is 2. The van der Waals surface area contributed by atoms with Crippen LogP contribution >= 0.6 is 11.3 Å². The van der Waals surface area contributed by atoms with Crippen molar-refractivity contribution in [2.45, 2.75) is 6.54 Å². The Bertz CT molecular complexity index is 1350. The third kappa shape index (κ3) is 4.08. The van der Waals surface area contributed by atoms with E-state index in [1.54, 1.807) is 35.7 Å². The standard InChI is InChI=1S/C22H16FN3O4S/c1-30-22(29)15-4-2-3-5-17(15)25-18(27)10-26-12-24-19-16(11-31-20(19)21(26)28)13-6-8-14(23)9-7-13/h2-9,11-12H,10H2,1H3,(H,25,27). The molecule has 156 valence electrons. The zero-order valence-corrected chi connectivity index (χ0v) is 17.1. The van der Waals surface area contributed by atoms with E-state index in [1.165, 1.54) is 47.5 Å². The van der Waals surface area contributed by atoms with Crippen LogP contribution in [0.5, 0.6) is 0 Å². The zero-order chi connectivity index (χ0) is 22.0. The number of carbonyl (C=O) groups is 2. The predicted molar refractivity (Wildman–Crippen MR) is 116 cm³/mol. The van der Waals surface area contributed by atoms with E-state index in [2.05, 4.69) is 10.3 Å². The summed E-state index contributed by atoms with van der Waals surface area (Å²) in [5.41, 5.74) is 2.10. The molecule has 0 fully saturated rings. The molecule has 1 N–H and O–H groups in total. The lowest BCUT2D eigenvalue weighted by atomic mass is 10.1. The number of hydrogen-bond donors (Lipinski definition) is 1. The molecule has 2 aromatic carbocycles. The summed E-state index contributed by atoms with van der Waals surface area (Å²) in [5, 5.41) is 4.41. The molecule has 9 heteroatoms. The quantitative estimate of drug-likeness (QED) is 0.481. The van der Waals surface area contributed by atoms with E-state index in [-0.39, 0.29) is 29.2 Å². The van der Waals surface area contributed by atoms with Crippen molar-refractivity contribution in [3.8, 4) is 11.1 Å². The number of fused-ring (bicyclic) bond motifs is 1. The van der Waals surface area contributed by atoms with Gasteiger partial charge in [0.2, 0.25) is 5.91 Å². The number of amides is 1. The third-order valence-electron chi connectivity index (χ3n) is 4.62. The molecular formula is C22H16FN3O4S. The monoisotopic (exact) mass is 437 g/mol. The Balaban J connectivity index is 1.59. The SMILES string of the molecule is COC(=O)c1ccccc1NC(=O)Cn1cnc2c(-c3ccc(F)cc3)csc2c1=O. The van der Waals surface area contributed by atoms with Crippen molar-refractivity contribution in [2.24, 2.45) is 0 Å². The Kier molecular flexibility index (Phi) is 5.59. The van der Waals surface area contributed by atoms with Crippen molar-refractivity contribution >= 4 is 39.1 Å². The van der Waals surface area contributed by atoms with Crippen molar-refractivity contribution in [1.29, 1.82) is 0 Å². The van der Waals surface area contributed by atoms with Crippen molar-refractivity contribution in [2.75, 3.05) is 12.4 Å². The molecule has 0 aliphatic rings. The van der Waals surface area contributed by atoms with Crippen molar-refractivity contribution in [3.05, 3.63) is 82.0 Å². The van der Waals surface area contributed by atoms with Gasteiger partial charge in [0.05, 0.1) is 30.2 Å². The summed E-state index contributed by atoms with van der Waals surface area (Å²) in [6, 6.07) is 12.4. The Labute approximate surface area is 179 Å². The van der Waals surface area contributed by atoms with Gasteiger partial charge < -0.3 is 10.1 Å². The molecule has 2 aromatic heterocycles. The van der Waals surface area contributed by atoms with Crippen molar-refractivity contribution < 1.29 is 18.7 Å². The Hall–Kier alpha value is -3.85. The molecule has 0 radical (unpaired) electrons. The van der Waals surface area contributed by atoms with Gasteiger partial charge in [-0.25, -0.2) is 14.2 Å². The fourth-order valence-corrected chi connectivity index (χ4v) is 4.09. The normalized spacial score (nSPS) is 10.8. The molecule has 0 aliphatic heterocycles. The fourth-order valence-electron chi connectivity index (χ4n) is 3.11. The first-order valence-electron chi connectivity index (χ1n) is 9.17. The molecule has 7 nitrogen and oxygen atoms in total. The summed E-state index contributed by atoms with van der Waals surface area (Å²) in [7, 11) is 1.25. The average molecular weight is 437 g/mol. The van der Waals surface area contributed by atoms with Crippen LogP contribution in [0.3, 0.4) is 0 Å². The zero-order valence-electron chi connectivity index (χ0n) is 16.3. The first kappa shape index (κ1) is 20.4. The lowest BCUT2D eigenvalue weighted by Crippen LogP contribution is -2.28. The molecule has 2 heterocycles. The highest BCUT2D eigenvalue weighted by Gasteiger charge is 2.16. The molecule has 0 unspecified atom stereocenters. The number of para-hydroxylation sites is 1. The van der Waals surface area contributed by atoms with E-state index in [9.17, 15) is 18.8 Å². The van der Waals surface area contributed by atoms with Crippen LogP contribution in [0.25, 0.3) is 21.3 Å². The molecule has 31 heavy (non-hydrogen) atoms. The predicted octanol–water partition coefficient (Wildman–Crippen LogP) is 3.69. The maximum atomic E-state index is 13.2. The van der Waals surface area contributed by atoms with Crippen molar-refractivity contribution in [1.82, 2.24) is 9.55 Å². The Morgan fingerprint density at radius 2 is 1.90 bits per heavy atom. The van der Waals surface area contributed by atoms with E-state index in [0.29, 0.717) is 10.2 Å². The number of rotatable bonds is 5. The number of nitrogens with one attached hydrogen (secondary N) is 1. The highest BCUT2D eigenvalue weighted by molar-refractivity contribution is 7.17. The van der Waals surface area contributed by atoms with Crippen molar-refractivity contribution in [3.63, 3.8) is 0 Å². The van der Waals surface area contributed by atoms with Crippen LogP contribution < -0.4 is 10.9 Å². The van der Waals surface area contributed by atoms with Gasteiger partial charge in [0.1, 0.15) is 17.1 Å². The highest BCUT2D eigenvalue weighted by atomic mass is 32.1. The van der Waals surface area contributed by atoms with Crippen LogP contribution in [0.2, 0.25) is 0 Å². The largest absolute Gasteiger partial charge is 0.465 e. The van der Waals surface area contributed by atoms with Gasteiger partial charge >= 0.3 is 5.97 Å².